The van der Waals surface area contributed by atoms with Crippen molar-refractivity contribution in [3.8, 4) is 0 Å². The lowest BCUT2D eigenvalue weighted by atomic mass is 9.88. The Morgan fingerprint density at radius 1 is 1.12 bits per heavy atom. The van der Waals surface area contributed by atoms with E-state index in [2.05, 4.69) is 23.5 Å². The number of allylic oxidation sites excluding steroid dienone is 1. The first-order valence-corrected chi connectivity index (χ1v) is 9.81. The minimum Gasteiger partial charge on any atom is -0.355 e. The van der Waals surface area contributed by atoms with Crippen LogP contribution in [0.15, 0.2) is 35.9 Å². The van der Waals surface area contributed by atoms with E-state index < -0.39 is 5.41 Å². The SMILES string of the molecule is CC(C)(C(=O)NCCC1=CCCCC1)C(=O)N1CCc2ccccc2C1. The number of amides is 2. The summed E-state index contributed by atoms with van der Waals surface area (Å²) < 4.78 is 0. The number of carbonyl (C=O) groups is 2. The zero-order chi connectivity index (χ0) is 18.6. The molecular formula is C22H30N2O2. The third-order valence-corrected chi connectivity index (χ3v) is 5.64. The zero-order valence-electron chi connectivity index (χ0n) is 16.0. The van der Waals surface area contributed by atoms with Crippen LogP contribution in [0.3, 0.4) is 0 Å². The molecule has 0 bridgehead atoms. The molecule has 3 rings (SSSR count). The van der Waals surface area contributed by atoms with Crippen LogP contribution in [0.4, 0.5) is 0 Å². The van der Waals surface area contributed by atoms with Gasteiger partial charge in [0.2, 0.25) is 11.8 Å². The molecule has 1 N–H and O–H groups in total. The summed E-state index contributed by atoms with van der Waals surface area (Å²) in [5.74, 6) is -0.251. The molecule has 0 unspecified atom stereocenters. The summed E-state index contributed by atoms with van der Waals surface area (Å²) in [5, 5.41) is 2.98. The molecule has 0 atom stereocenters. The van der Waals surface area contributed by atoms with Gasteiger partial charge in [-0.1, -0.05) is 35.9 Å². The lowest BCUT2D eigenvalue weighted by molar-refractivity contribution is -0.149. The van der Waals surface area contributed by atoms with Crippen LogP contribution in [-0.4, -0.2) is 29.8 Å². The van der Waals surface area contributed by atoms with Gasteiger partial charge in [-0.05, 0) is 63.5 Å². The number of hydrogen-bond acceptors (Lipinski definition) is 2. The van der Waals surface area contributed by atoms with Crippen molar-refractivity contribution in [1.82, 2.24) is 10.2 Å². The lowest BCUT2D eigenvalue weighted by Crippen LogP contribution is -2.50. The molecule has 140 valence electrons. The fourth-order valence-corrected chi connectivity index (χ4v) is 3.85. The number of fused-ring (bicyclic) bond motifs is 1. The summed E-state index contributed by atoms with van der Waals surface area (Å²) in [6.45, 7) is 5.37. The second-order valence-electron chi connectivity index (χ2n) is 7.98. The summed E-state index contributed by atoms with van der Waals surface area (Å²) in [4.78, 5) is 27.5. The molecule has 1 aromatic rings. The van der Waals surface area contributed by atoms with Crippen LogP contribution >= 0.6 is 0 Å². The summed E-state index contributed by atoms with van der Waals surface area (Å²) in [6.07, 6.45) is 8.88. The van der Waals surface area contributed by atoms with Gasteiger partial charge < -0.3 is 10.2 Å². The fraction of sp³-hybridized carbons (Fsp3) is 0.545. The monoisotopic (exact) mass is 354 g/mol. The van der Waals surface area contributed by atoms with Crippen LogP contribution < -0.4 is 5.32 Å². The largest absolute Gasteiger partial charge is 0.355 e. The first kappa shape index (κ1) is 18.7. The number of rotatable bonds is 5. The minimum atomic E-state index is -1.03. The van der Waals surface area contributed by atoms with Gasteiger partial charge in [0.25, 0.3) is 0 Å². The van der Waals surface area contributed by atoms with Crippen molar-refractivity contribution in [3.63, 3.8) is 0 Å². The molecule has 2 aliphatic rings. The Hall–Kier alpha value is -2.10. The second-order valence-corrected chi connectivity index (χ2v) is 7.98. The van der Waals surface area contributed by atoms with Gasteiger partial charge in [-0.2, -0.15) is 0 Å². The van der Waals surface area contributed by atoms with Gasteiger partial charge in [-0.25, -0.2) is 0 Å². The molecule has 4 nitrogen and oxygen atoms in total. The lowest BCUT2D eigenvalue weighted by Gasteiger charge is -2.34. The molecular weight excluding hydrogens is 324 g/mol. The van der Waals surface area contributed by atoms with E-state index in [-0.39, 0.29) is 11.8 Å². The van der Waals surface area contributed by atoms with E-state index in [1.165, 1.54) is 29.5 Å². The van der Waals surface area contributed by atoms with Gasteiger partial charge in [0.1, 0.15) is 5.41 Å². The quantitative estimate of drug-likeness (QED) is 0.649. The average molecular weight is 354 g/mol. The molecule has 1 heterocycles. The van der Waals surface area contributed by atoms with Crippen molar-refractivity contribution in [2.75, 3.05) is 13.1 Å². The van der Waals surface area contributed by atoms with Crippen LogP contribution in [0.1, 0.15) is 57.1 Å². The molecule has 0 saturated heterocycles. The van der Waals surface area contributed by atoms with Crippen molar-refractivity contribution in [2.24, 2.45) is 5.41 Å². The molecule has 0 fully saturated rings. The van der Waals surface area contributed by atoms with Crippen molar-refractivity contribution >= 4 is 11.8 Å². The Labute approximate surface area is 156 Å². The highest BCUT2D eigenvalue weighted by atomic mass is 16.2. The van der Waals surface area contributed by atoms with E-state index in [1.807, 2.05) is 17.0 Å². The Morgan fingerprint density at radius 2 is 1.88 bits per heavy atom. The molecule has 26 heavy (non-hydrogen) atoms. The van der Waals surface area contributed by atoms with E-state index in [0.29, 0.717) is 19.6 Å². The summed E-state index contributed by atoms with van der Waals surface area (Å²) in [5.41, 5.74) is 2.90. The maximum atomic E-state index is 13.0. The van der Waals surface area contributed by atoms with Gasteiger partial charge in [-0.15, -0.1) is 0 Å². The Bertz CT molecular complexity index is 706. The Kier molecular flexibility index (Phi) is 5.80. The van der Waals surface area contributed by atoms with Crippen LogP contribution in [0, 0.1) is 5.41 Å². The Balaban J connectivity index is 1.55. The minimum absolute atomic E-state index is 0.0821. The van der Waals surface area contributed by atoms with E-state index in [0.717, 1.165) is 25.7 Å². The normalized spacial score (nSPS) is 17.3. The Morgan fingerprint density at radius 3 is 2.62 bits per heavy atom. The summed E-state index contributed by atoms with van der Waals surface area (Å²) in [7, 11) is 0. The maximum Gasteiger partial charge on any atom is 0.238 e. The summed E-state index contributed by atoms with van der Waals surface area (Å²) >= 11 is 0. The first-order chi connectivity index (χ1) is 12.5. The van der Waals surface area contributed by atoms with Crippen molar-refractivity contribution in [1.29, 1.82) is 0 Å². The molecule has 4 heteroatoms. The highest BCUT2D eigenvalue weighted by Gasteiger charge is 2.39. The number of hydrogen-bond donors (Lipinski definition) is 1. The van der Waals surface area contributed by atoms with Gasteiger partial charge in [0.15, 0.2) is 0 Å². The third kappa shape index (κ3) is 4.17. The standard InChI is InChI=1S/C22H30N2O2/c1-22(2,20(25)23-14-12-17-8-4-3-5-9-17)21(26)24-15-13-18-10-6-7-11-19(18)16-24/h6-8,10-11H,3-5,9,12-16H2,1-2H3,(H,23,25). The van der Waals surface area contributed by atoms with Crippen molar-refractivity contribution in [3.05, 3.63) is 47.0 Å². The topological polar surface area (TPSA) is 49.4 Å². The fourth-order valence-electron chi connectivity index (χ4n) is 3.85. The predicted octanol–water partition coefficient (Wildman–Crippen LogP) is 3.60. The molecule has 0 aromatic heterocycles. The van der Waals surface area contributed by atoms with Gasteiger partial charge in [-0.3, -0.25) is 9.59 Å². The molecule has 1 aliphatic heterocycles. The van der Waals surface area contributed by atoms with E-state index in [9.17, 15) is 9.59 Å². The first-order valence-electron chi connectivity index (χ1n) is 9.81. The predicted molar refractivity (Wildman–Crippen MR) is 104 cm³/mol. The van der Waals surface area contributed by atoms with Crippen LogP contribution in [-0.2, 0) is 22.6 Å². The van der Waals surface area contributed by atoms with E-state index in [1.54, 1.807) is 13.8 Å². The van der Waals surface area contributed by atoms with Crippen LogP contribution in [0.5, 0.6) is 0 Å². The van der Waals surface area contributed by atoms with Crippen molar-refractivity contribution < 1.29 is 9.59 Å². The third-order valence-electron chi connectivity index (χ3n) is 5.64. The molecule has 0 radical (unpaired) electrons. The molecule has 2 amide bonds. The van der Waals surface area contributed by atoms with E-state index in [4.69, 9.17) is 0 Å². The highest BCUT2D eigenvalue weighted by Crippen LogP contribution is 2.25. The van der Waals surface area contributed by atoms with Crippen LogP contribution in [0.25, 0.3) is 0 Å². The average Bonchev–Trinajstić information content (AvgIpc) is 2.67. The summed E-state index contributed by atoms with van der Waals surface area (Å²) in [6, 6.07) is 8.23. The molecule has 0 spiro atoms. The van der Waals surface area contributed by atoms with E-state index >= 15 is 0 Å². The number of carbonyl (C=O) groups excluding carboxylic acids is 2. The van der Waals surface area contributed by atoms with Crippen molar-refractivity contribution in [2.45, 2.75) is 58.9 Å². The van der Waals surface area contributed by atoms with Crippen LogP contribution in [0.2, 0.25) is 0 Å². The maximum absolute atomic E-state index is 13.0. The number of nitrogens with one attached hydrogen (secondary N) is 1. The van der Waals surface area contributed by atoms with Gasteiger partial charge in [0.05, 0.1) is 0 Å². The zero-order valence-corrected chi connectivity index (χ0v) is 16.0. The van der Waals surface area contributed by atoms with Gasteiger partial charge >= 0.3 is 0 Å². The number of benzene rings is 1. The highest BCUT2D eigenvalue weighted by molar-refractivity contribution is 6.04. The second kappa shape index (κ2) is 8.07. The molecule has 0 saturated carbocycles. The number of nitrogens with zero attached hydrogens (tertiary/aromatic N) is 1. The smallest absolute Gasteiger partial charge is 0.238 e. The molecule has 1 aromatic carbocycles. The van der Waals surface area contributed by atoms with Gasteiger partial charge in [0, 0.05) is 19.6 Å². The molecule has 1 aliphatic carbocycles.